The first-order valence-corrected chi connectivity index (χ1v) is 6.35. The Morgan fingerprint density at radius 1 is 1.15 bits per heavy atom. The standard InChI is InChI=1S/C14H14F2O2.C2H6/c1-14(2,3)6-5-9-7-10(15)12(11(16)8-9)13(17)18-4;1-2/h7-8H,1-4H3;1-2H3. The molecular weight excluding hydrogens is 262 g/mol. The van der Waals surface area contributed by atoms with Crippen molar-refractivity contribution in [3.05, 3.63) is 34.9 Å². The van der Waals surface area contributed by atoms with E-state index in [1.807, 2.05) is 34.6 Å². The van der Waals surface area contributed by atoms with Gasteiger partial charge in [0.1, 0.15) is 17.2 Å². The zero-order chi connectivity index (χ0) is 15.9. The Kier molecular flexibility index (Phi) is 6.92. The third-order valence-corrected chi connectivity index (χ3v) is 2.01. The number of hydrogen-bond acceptors (Lipinski definition) is 2. The van der Waals surface area contributed by atoms with Crippen LogP contribution in [0.3, 0.4) is 0 Å². The quantitative estimate of drug-likeness (QED) is 0.570. The van der Waals surface area contributed by atoms with Crippen molar-refractivity contribution in [2.75, 3.05) is 7.11 Å². The molecule has 0 radical (unpaired) electrons. The van der Waals surface area contributed by atoms with E-state index >= 15 is 0 Å². The highest BCUT2D eigenvalue weighted by molar-refractivity contribution is 5.90. The van der Waals surface area contributed by atoms with Crippen LogP contribution in [-0.4, -0.2) is 13.1 Å². The van der Waals surface area contributed by atoms with E-state index in [-0.39, 0.29) is 11.0 Å². The van der Waals surface area contributed by atoms with Crippen molar-refractivity contribution in [1.29, 1.82) is 0 Å². The number of benzene rings is 1. The zero-order valence-electron chi connectivity index (χ0n) is 12.7. The zero-order valence-corrected chi connectivity index (χ0v) is 12.7. The van der Waals surface area contributed by atoms with E-state index < -0.39 is 23.2 Å². The number of methoxy groups -OCH3 is 1. The Balaban J connectivity index is 0.00000172. The average Bonchev–Trinajstić information content (AvgIpc) is 2.37. The van der Waals surface area contributed by atoms with Gasteiger partial charge < -0.3 is 4.74 Å². The topological polar surface area (TPSA) is 26.3 Å². The second-order valence-electron chi connectivity index (χ2n) is 4.81. The van der Waals surface area contributed by atoms with Crippen LogP contribution in [-0.2, 0) is 4.74 Å². The van der Waals surface area contributed by atoms with Gasteiger partial charge in [-0.05, 0) is 32.9 Å². The summed E-state index contributed by atoms with van der Waals surface area (Å²) in [5, 5.41) is 0. The summed E-state index contributed by atoms with van der Waals surface area (Å²) in [6.07, 6.45) is 0. The van der Waals surface area contributed by atoms with Crippen LogP contribution >= 0.6 is 0 Å². The van der Waals surface area contributed by atoms with Crippen LogP contribution in [0, 0.1) is 28.9 Å². The van der Waals surface area contributed by atoms with E-state index in [0.717, 1.165) is 19.2 Å². The number of carbonyl (C=O) groups is 1. The lowest BCUT2D eigenvalue weighted by Crippen LogP contribution is -2.08. The van der Waals surface area contributed by atoms with Gasteiger partial charge in [-0.15, -0.1) is 0 Å². The number of carbonyl (C=O) groups excluding carboxylic acids is 1. The van der Waals surface area contributed by atoms with E-state index in [9.17, 15) is 13.6 Å². The Morgan fingerprint density at radius 2 is 1.60 bits per heavy atom. The number of rotatable bonds is 1. The maximum Gasteiger partial charge on any atom is 0.343 e. The molecule has 1 rings (SSSR count). The van der Waals surface area contributed by atoms with Gasteiger partial charge in [-0.3, -0.25) is 0 Å². The van der Waals surface area contributed by atoms with Gasteiger partial charge in [0.05, 0.1) is 7.11 Å². The SMILES string of the molecule is CC.COC(=O)c1c(F)cc(C#CC(C)(C)C)cc1F. The molecule has 0 saturated carbocycles. The third-order valence-electron chi connectivity index (χ3n) is 2.01. The number of halogens is 2. The van der Waals surface area contributed by atoms with Crippen molar-refractivity contribution in [3.8, 4) is 11.8 Å². The molecule has 4 heteroatoms. The van der Waals surface area contributed by atoms with Crippen LogP contribution in [0.15, 0.2) is 12.1 Å². The number of ether oxygens (including phenoxy) is 1. The van der Waals surface area contributed by atoms with E-state index in [1.54, 1.807) is 0 Å². The van der Waals surface area contributed by atoms with Gasteiger partial charge in [0.25, 0.3) is 0 Å². The lowest BCUT2D eigenvalue weighted by atomic mass is 9.97. The van der Waals surface area contributed by atoms with Crippen molar-refractivity contribution in [3.63, 3.8) is 0 Å². The maximum atomic E-state index is 13.6. The summed E-state index contributed by atoms with van der Waals surface area (Å²) >= 11 is 0. The van der Waals surface area contributed by atoms with Gasteiger partial charge in [-0.25, -0.2) is 13.6 Å². The number of hydrogen-bond donors (Lipinski definition) is 0. The Labute approximate surface area is 119 Å². The second-order valence-corrected chi connectivity index (χ2v) is 4.81. The summed E-state index contributed by atoms with van der Waals surface area (Å²) < 4.78 is 31.4. The molecule has 0 bridgehead atoms. The maximum absolute atomic E-state index is 13.6. The average molecular weight is 282 g/mol. The molecule has 0 aliphatic rings. The third kappa shape index (κ3) is 5.40. The van der Waals surface area contributed by atoms with Crippen molar-refractivity contribution in [1.82, 2.24) is 0 Å². The molecule has 1 aromatic carbocycles. The normalized spacial score (nSPS) is 9.80. The highest BCUT2D eigenvalue weighted by Gasteiger charge is 2.18. The molecule has 0 aliphatic heterocycles. The molecule has 0 N–H and O–H groups in total. The first-order chi connectivity index (χ1) is 9.24. The van der Waals surface area contributed by atoms with Crippen molar-refractivity contribution in [2.45, 2.75) is 34.6 Å². The Bertz CT molecular complexity index is 509. The van der Waals surface area contributed by atoms with Gasteiger partial charge in [0.2, 0.25) is 0 Å². The van der Waals surface area contributed by atoms with Crippen LogP contribution in [0.25, 0.3) is 0 Å². The molecule has 0 aromatic heterocycles. The van der Waals surface area contributed by atoms with Crippen LogP contribution in [0.2, 0.25) is 0 Å². The number of esters is 1. The van der Waals surface area contributed by atoms with Crippen LogP contribution in [0.4, 0.5) is 8.78 Å². The fraction of sp³-hybridized carbons (Fsp3) is 0.438. The minimum Gasteiger partial charge on any atom is -0.465 e. The molecule has 110 valence electrons. The fourth-order valence-corrected chi connectivity index (χ4v) is 1.20. The predicted octanol–water partition coefficient (Wildman–Crippen LogP) is 4.18. The molecule has 20 heavy (non-hydrogen) atoms. The van der Waals surface area contributed by atoms with E-state index in [4.69, 9.17) is 0 Å². The molecule has 0 heterocycles. The monoisotopic (exact) mass is 282 g/mol. The summed E-state index contributed by atoms with van der Waals surface area (Å²) in [5.41, 5.74) is -0.778. The van der Waals surface area contributed by atoms with Crippen molar-refractivity contribution < 1.29 is 18.3 Å². The second kappa shape index (κ2) is 7.64. The van der Waals surface area contributed by atoms with Gasteiger partial charge in [-0.2, -0.15) is 0 Å². The molecule has 0 spiro atoms. The molecule has 0 saturated heterocycles. The minimum atomic E-state index is -1.04. The molecule has 1 aromatic rings. The van der Waals surface area contributed by atoms with Gasteiger partial charge in [0, 0.05) is 11.0 Å². The first kappa shape index (κ1) is 18.1. The van der Waals surface area contributed by atoms with Crippen molar-refractivity contribution in [2.24, 2.45) is 5.41 Å². The summed E-state index contributed by atoms with van der Waals surface area (Å²) in [7, 11) is 1.06. The van der Waals surface area contributed by atoms with Gasteiger partial charge >= 0.3 is 5.97 Å². The van der Waals surface area contributed by atoms with Gasteiger partial charge in [-0.1, -0.05) is 25.7 Å². The highest BCUT2D eigenvalue weighted by atomic mass is 19.1. The minimum absolute atomic E-state index is 0.188. The molecule has 0 unspecified atom stereocenters. The molecule has 0 fully saturated rings. The fourth-order valence-electron chi connectivity index (χ4n) is 1.20. The van der Waals surface area contributed by atoms with E-state index in [1.165, 1.54) is 0 Å². The summed E-state index contributed by atoms with van der Waals surface area (Å²) in [6, 6.07) is 2.04. The van der Waals surface area contributed by atoms with E-state index in [2.05, 4.69) is 16.6 Å². The molecule has 0 amide bonds. The van der Waals surface area contributed by atoms with Crippen LogP contribution < -0.4 is 0 Å². The summed E-state index contributed by atoms with van der Waals surface area (Å²) in [6.45, 7) is 9.65. The summed E-state index contributed by atoms with van der Waals surface area (Å²) in [4.78, 5) is 11.1. The van der Waals surface area contributed by atoms with E-state index in [0.29, 0.717) is 0 Å². The molecule has 2 nitrogen and oxygen atoms in total. The predicted molar refractivity (Wildman–Crippen MR) is 75.4 cm³/mol. The lowest BCUT2D eigenvalue weighted by molar-refractivity contribution is 0.0590. The lowest BCUT2D eigenvalue weighted by Gasteiger charge is -2.07. The van der Waals surface area contributed by atoms with Gasteiger partial charge in [0.15, 0.2) is 0 Å². The largest absolute Gasteiger partial charge is 0.465 e. The van der Waals surface area contributed by atoms with Crippen LogP contribution in [0.5, 0.6) is 0 Å². The molecule has 0 atom stereocenters. The van der Waals surface area contributed by atoms with Crippen molar-refractivity contribution >= 4 is 5.97 Å². The Hall–Kier alpha value is -1.89. The first-order valence-electron chi connectivity index (χ1n) is 6.35. The van der Waals surface area contributed by atoms with Crippen LogP contribution in [0.1, 0.15) is 50.5 Å². The molecule has 0 aliphatic carbocycles. The smallest absolute Gasteiger partial charge is 0.343 e. The molecular formula is C16H20F2O2. The summed E-state index contributed by atoms with van der Waals surface area (Å²) in [5.74, 6) is 2.54. The Morgan fingerprint density at radius 3 is 1.95 bits per heavy atom. The highest BCUT2D eigenvalue weighted by Crippen LogP contribution is 2.17.